The van der Waals surface area contributed by atoms with Crippen LogP contribution in [0.3, 0.4) is 0 Å². The highest BCUT2D eigenvalue weighted by Gasteiger charge is 2.18. The number of ether oxygens (including phenoxy) is 1. The SMILES string of the molecule is CCOC(=O)c1cnc2c(cnn2CC)c1NCCCN(CC)CC. The van der Waals surface area contributed by atoms with Crippen LogP contribution in [0.25, 0.3) is 11.0 Å². The third-order valence-electron chi connectivity index (χ3n) is 4.31. The number of aromatic nitrogens is 3. The van der Waals surface area contributed by atoms with E-state index in [-0.39, 0.29) is 5.97 Å². The number of carbonyl (C=O) groups is 1. The second-order valence-corrected chi connectivity index (χ2v) is 5.77. The Kier molecular flexibility index (Phi) is 7.18. The largest absolute Gasteiger partial charge is 0.462 e. The van der Waals surface area contributed by atoms with Gasteiger partial charge in [0.05, 0.1) is 23.9 Å². The maximum atomic E-state index is 12.3. The molecule has 0 aliphatic carbocycles. The fraction of sp³-hybridized carbons (Fsp3) is 0.611. The Morgan fingerprint density at radius 1 is 1.24 bits per heavy atom. The molecule has 0 spiro atoms. The number of nitrogens with zero attached hydrogens (tertiary/aromatic N) is 4. The van der Waals surface area contributed by atoms with Crippen LogP contribution in [0.15, 0.2) is 12.4 Å². The Balaban J connectivity index is 2.22. The van der Waals surface area contributed by atoms with Crippen molar-refractivity contribution in [2.24, 2.45) is 0 Å². The van der Waals surface area contributed by atoms with Gasteiger partial charge in [0.25, 0.3) is 0 Å². The fourth-order valence-electron chi connectivity index (χ4n) is 2.87. The van der Waals surface area contributed by atoms with Crippen molar-refractivity contribution in [1.82, 2.24) is 19.7 Å². The first kappa shape index (κ1) is 19.2. The van der Waals surface area contributed by atoms with E-state index in [9.17, 15) is 4.79 Å². The smallest absolute Gasteiger partial charge is 0.341 e. The summed E-state index contributed by atoms with van der Waals surface area (Å²) < 4.78 is 7.00. The number of nitrogens with one attached hydrogen (secondary N) is 1. The summed E-state index contributed by atoms with van der Waals surface area (Å²) in [6, 6.07) is 0. The Morgan fingerprint density at radius 3 is 2.64 bits per heavy atom. The molecule has 0 aromatic carbocycles. The van der Waals surface area contributed by atoms with Crippen molar-refractivity contribution in [3.05, 3.63) is 18.0 Å². The number of hydrogen-bond acceptors (Lipinski definition) is 6. The van der Waals surface area contributed by atoms with Crippen molar-refractivity contribution < 1.29 is 9.53 Å². The standard InChI is InChI=1S/C18H29N5O2/c1-5-22(6-2)11-9-10-19-16-14-13-21-23(7-3)17(14)20-12-15(16)18(24)25-8-4/h12-13H,5-11H2,1-4H3,(H,19,20). The lowest BCUT2D eigenvalue weighted by Crippen LogP contribution is -2.25. The molecule has 2 heterocycles. The summed E-state index contributed by atoms with van der Waals surface area (Å²) in [5.41, 5.74) is 2.01. The van der Waals surface area contributed by atoms with E-state index in [1.54, 1.807) is 19.3 Å². The summed E-state index contributed by atoms with van der Waals surface area (Å²) in [5.74, 6) is -0.354. The highest BCUT2D eigenvalue weighted by molar-refractivity contribution is 6.04. The highest BCUT2D eigenvalue weighted by atomic mass is 16.5. The minimum Gasteiger partial charge on any atom is -0.462 e. The molecule has 0 unspecified atom stereocenters. The average molecular weight is 347 g/mol. The third-order valence-corrected chi connectivity index (χ3v) is 4.31. The summed E-state index contributed by atoms with van der Waals surface area (Å²) in [4.78, 5) is 19.1. The van der Waals surface area contributed by atoms with Gasteiger partial charge >= 0.3 is 5.97 Å². The van der Waals surface area contributed by atoms with Gasteiger partial charge in [-0.15, -0.1) is 0 Å². The van der Waals surface area contributed by atoms with Gasteiger partial charge in [0.15, 0.2) is 5.65 Å². The highest BCUT2D eigenvalue weighted by Crippen LogP contribution is 2.26. The molecule has 0 aliphatic rings. The maximum Gasteiger partial charge on any atom is 0.341 e. The second-order valence-electron chi connectivity index (χ2n) is 5.77. The van der Waals surface area contributed by atoms with E-state index in [0.717, 1.165) is 55.9 Å². The lowest BCUT2D eigenvalue weighted by Gasteiger charge is -2.18. The molecule has 0 aliphatic heterocycles. The van der Waals surface area contributed by atoms with Gasteiger partial charge in [0, 0.05) is 19.3 Å². The zero-order chi connectivity index (χ0) is 18.2. The van der Waals surface area contributed by atoms with Gasteiger partial charge < -0.3 is 15.0 Å². The molecule has 2 rings (SSSR count). The Hall–Kier alpha value is -2.15. The number of pyridine rings is 1. The van der Waals surface area contributed by atoms with Crippen molar-refractivity contribution >= 4 is 22.7 Å². The molecule has 2 aromatic heterocycles. The Morgan fingerprint density at radius 2 is 2.00 bits per heavy atom. The minimum atomic E-state index is -0.354. The molecule has 2 aromatic rings. The van der Waals surface area contributed by atoms with Crippen molar-refractivity contribution in [3.63, 3.8) is 0 Å². The van der Waals surface area contributed by atoms with E-state index in [1.807, 2.05) is 11.6 Å². The molecule has 0 bridgehead atoms. The molecule has 7 nitrogen and oxygen atoms in total. The number of hydrogen-bond donors (Lipinski definition) is 1. The molecule has 0 fully saturated rings. The van der Waals surface area contributed by atoms with Crippen LogP contribution in [-0.4, -0.2) is 58.4 Å². The molecule has 0 atom stereocenters. The fourth-order valence-corrected chi connectivity index (χ4v) is 2.87. The van der Waals surface area contributed by atoms with Gasteiger partial charge in [0.1, 0.15) is 5.56 Å². The van der Waals surface area contributed by atoms with Gasteiger partial charge in [0.2, 0.25) is 0 Å². The molecule has 138 valence electrons. The molecule has 1 N–H and O–H groups in total. The predicted molar refractivity (Wildman–Crippen MR) is 100 cm³/mol. The van der Waals surface area contributed by atoms with Crippen molar-refractivity contribution in [1.29, 1.82) is 0 Å². The number of anilines is 1. The van der Waals surface area contributed by atoms with Crippen LogP contribution in [0.4, 0.5) is 5.69 Å². The van der Waals surface area contributed by atoms with Gasteiger partial charge in [-0.3, -0.25) is 0 Å². The van der Waals surface area contributed by atoms with E-state index >= 15 is 0 Å². The van der Waals surface area contributed by atoms with E-state index in [1.165, 1.54) is 0 Å². The first-order valence-corrected chi connectivity index (χ1v) is 9.13. The monoisotopic (exact) mass is 347 g/mol. The number of fused-ring (bicyclic) bond motifs is 1. The van der Waals surface area contributed by atoms with Gasteiger partial charge in [-0.25, -0.2) is 14.5 Å². The van der Waals surface area contributed by atoms with Crippen molar-refractivity contribution in [2.45, 2.75) is 40.7 Å². The van der Waals surface area contributed by atoms with E-state index in [2.05, 4.69) is 34.1 Å². The molecular formula is C18H29N5O2. The van der Waals surface area contributed by atoms with E-state index < -0.39 is 0 Å². The summed E-state index contributed by atoms with van der Waals surface area (Å²) in [5, 5.41) is 8.63. The summed E-state index contributed by atoms with van der Waals surface area (Å²) >= 11 is 0. The normalized spacial score (nSPS) is 11.2. The molecule has 0 amide bonds. The lowest BCUT2D eigenvalue weighted by atomic mass is 10.1. The molecule has 0 radical (unpaired) electrons. The lowest BCUT2D eigenvalue weighted by molar-refractivity contribution is 0.0527. The zero-order valence-corrected chi connectivity index (χ0v) is 15.7. The molecular weight excluding hydrogens is 318 g/mol. The second kappa shape index (κ2) is 9.36. The molecule has 7 heteroatoms. The Labute approximate surface area is 149 Å². The number of esters is 1. The average Bonchev–Trinajstić information content (AvgIpc) is 3.05. The maximum absolute atomic E-state index is 12.3. The van der Waals surface area contributed by atoms with Crippen LogP contribution in [0.1, 0.15) is 44.5 Å². The van der Waals surface area contributed by atoms with Crippen molar-refractivity contribution in [3.8, 4) is 0 Å². The summed E-state index contributed by atoms with van der Waals surface area (Å²) in [6.45, 7) is 13.1. The van der Waals surface area contributed by atoms with Crippen LogP contribution in [0, 0.1) is 0 Å². The first-order chi connectivity index (χ1) is 12.2. The van der Waals surface area contributed by atoms with Crippen molar-refractivity contribution in [2.75, 3.05) is 38.1 Å². The predicted octanol–water partition coefficient (Wildman–Crippen LogP) is 2.77. The topological polar surface area (TPSA) is 72.3 Å². The van der Waals surface area contributed by atoms with Gasteiger partial charge in [-0.05, 0) is 39.9 Å². The number of rotatable bonds is 10. The summed E-state index contributed by atoms with van der Waals surface area (Å²) in [7, 11) is 0. The third kappa shape index (κ3) is 4.48. The quantitative estimate of drug-likeness (QED) is 0.526. The van der Waals surface area contributed by atoms with Crippen LogP contribution in [0.2, 0.25) is 0 Å². The minimum absolute atomic E-state index is 0.340. The van der Waals surface area contributed by atoms with Crippen LogP contribution < -0.4 is 5.32 Å². The van der Waals surface area contributed by atoms with Crippen LogP contribution in [-0.2, 0) is 11.3 Å². The van der Waals surface area contributed by atoms with Gasteiger partial charge in [-0.1, -0.05) is 13.8 Å². The number of carbonyl (C=O) groups excluding carboxylic acids is 1. The van der Waals surface area contributed by atoms with Crippen LogP contribution >= 0.6 is 0 Å². The first-order valence-electron chi connectivity index (χ1n) is 9.13. The summed E-state index contributed by atoms with van der Waals surface area (Å²) in [6.07, 6.45) is 4.35. The number of aryl methyl sites for hydroxylation is 1. The molecule has 25 heavy (non-hydrogen) atoms. The van der Waals surface area contributed by atoms with Gasteiger partial charge in [-0.2, -0.15) is 5.10 Å². The zero-order valence-electron chi connectivity index (χ0n) is 15.7. The van der Waals surface area contributed by atoms with E-state index in [0.29, 0.717) is 12.2 Å². The van der Waals surface area contributed by atoms with Crippen LogP contribution in [0.5, 0.6) is 0 Å². The van der Waals surface area contributed by atoms with E-state index in [4.69, 9.17) is 4.74 Å². The Bertz CT molecular complexity index is 694. The molecule has 0 saturated heterocycles. The molecule has 0 saturated carbocycles.